The van der Waals surface area contributed by atoms with Crippen molar-refractivity contribution in [1.82, 2.24) is 0 Å². The molecular weight excluding hydrogens is 1210 g/mol. The average Bonchev–Trinajstić information content (AvgIpc) is 2.22. The van der Waals surface area contributed by atoms with E-state index in [1.807, 2.05) is 0 Å². The first-order valence-electron chi connectivity index (χ1n) is 24.7. The molecule has 0 spiro atoms. The first kappa shape index (κ1) is 59.8. The molecule has 3 nitrogen and oxygen atoms in total. The van der Waals surface area contributed by atoms with Crippen molar-refractivity contribution in [2.24, 2.45) is 0 Å². The molecule has 0 saturated heterocycles. The molecule has 1 atom stereocenters. The SMILES string of the molecule is CCc1cc(P(=O)(c2cccc(-c3cc(-c4cccc(P(=O)(c5cc(F)c(F)c(F)c5)c5cc(F)c(F)c(F)c5)c4)cc(-c4cccc(P(=O)(c5cc(F)c(F)c(F)c5)c5cc(F)c(F)c(F)c5)c4)c3)c2)c2cc(F)c(F)c(F)c2)cc(F)c1F. The van der Waals surface area contributed by atoms with E-state index < -0.39 is 163 Å². The summed E-state index contributed by atoms with van der Waals surface area (Å²) in [6, 6.07) is 23.3. The lowest BCUT2D eigenvalue weighted by Gasteiger charge is -2.23. The predicted octanol–water partition coefficient (Wildman–Crippen LogP) is 14.5. The average molecular weight is 1240 g/mol. The van der Waals surface area contributed by atoms with Crippen molar-refractivity contribution in [3.63, 3.8) is 0 Å². The molecule has 0 saturated carbocycles. The Labute approximate surface area is 470 Å². The molecule has 0 heterocycles. The molecule has 0 aromatic heterocycles. The smallest absolute Gasteiger partial charge is 0.194 e. The summed E-state index contributed by atoms with van der Waals surface area (Å²) in [5, 5.41) is -6.04. The highest BCUT2D eigenvalue weighted by molar-refractivity contribution is 7.86. The molecule has 0 aliphatic carbocycles. The molecular formula is C62H32F17O3P3. The fourth-order valence-electron chi connectivity index (χ4n) is 9.80. The zero-order chi connectivity index (χ0) is 61.4. The van der Waals surface area contributed by atoms with Crippen LogP contribution in [0.5, 0.6) is 0 Å². The molecule has 1 unspecified atom stereocenters. The summed E-state index contributed by atoms with van der Waals surface area (Å²) in [5.74, 6) is -31.6. The summed E-state index contributed by atoms with van der Waals surface area (Å²) in [6.45, 7) is 1.42. The van der Waals surface area contributed by atoms with Crippen LogP contribution in [-0.4, -0.2) is 0 Å². The van der Waals surface area contributed by atoms with Crippen molar-refractivity contribution >= 4 is 69.2 Å². The van der Waals surface area contributed by atoms with E-state index in [1.165, 1.54) is 73.7 Å². The Kier molecular flexibility index (Phi) is 15.9. The molecule has 0 aliphatic heterocycles. The van der Waals surface area contributed by atoms with Gasteiger partial charge in [0.25, 0.3) is 0 Å². The first-order chi connectivity index (χ1) is 40.2. The monoisotopic (exact) mass is 1240 g/mol. The van der Waals surface area contributed by atoms with Crippen LogP contribution in [0.15, 0.2) is 164 Å². The standard InChI is InChI=1S/C62H32F17O3P3/c1-2-30-15-40(19-46(63)57(30)74)83(80,41-20-47(64)58(75)48(65)21-41)37-9-3-6-31(16-37)34-12-35(32-7-4-10-38(17-32)84(81,42-22-49(66)59(76)50(67)23-42)43-24-51(68)60(77)52(69)25-43)14-36(13-34)33-8-5-11-39(18-33)85(82,44-26-53(70)61(78)54(71)27-44)45-28-55(72)62(79)56(73)29-45/h3-29H,2H2,1H3. The van der Waals surface area contributed by atoms with Gasteiger partial charge in [0.05, 0.1) is 0 Å². The van der Waals surface area contributed by atoms with Gasteiger partial charge in [-0.3, -0.25) is 0 Å². The highest BCUT2D eigenvalue weighted by atomic mass is 31.2. The molecule has 10 aromatic rings. The minimum absolute atomic E-state index is 0.00257. The number of rotatable bonds is 13. The molecule has 23 heteroatoms. The van der Waals surface area contributed by atoms with Crippen molar-refractivity contribution in [1.29, 1.82) is 0 Å². The van der Waals surface area contributed by atoms with Gasteiger partial charge in [-0.15, -0.1) is 0 Å². The molecule has 0 aliphatic rings. The number of hydrogen-bond donors (Lipinski definition) is 0. The molecule has 0 amide bonds. The minimum atomic E-state index is -5.06. The van der Waals surface area contributed by atoms with Crippen LogP contribution in [0.4, 0.5) is 74.6 Å². The zero-order valence-corrected chi connectivity index (χ0v) is 45.5. The Morgan fingerprint density at radius 1 is 0.235 bits per heavy atom. The van der Waals surface area contributed by atoms with Gasteiger partial charge in [0.1, 0.15) is 0 Å². The van der Waals surface area contributed by atoms with E-state index in [1.54, 1.807) is 0 Å². The number of aryl methyl sites for hydroxylation is 1. The summed E-state index contributed by atoms with van der Waals surface area (Å²) in [6.07, 6.45) is -0.184. The van der Waals surface area contributed by atoms with E-state index >= 15 is 66.4 Å². The second kappa shape index (κ2) is 22.6. The molecule has 0 N–H and O–H groups in total. The van der Waals surface area contributed by atoms with Gasteiger partial charge in [-0.25, -0.2) is 74.6 Å². The van der Waals surface area contributed by atoms with Crippen LogP contribution in [-0.2, 0) is 20.1 Å². The second-order valence-corrected chi connectivity index (χ2v) is 27.5. The van der Waals surface area contributed by atoms with Crippen molar-refractivity contribution in [2.45, 2.75) is 13.3 Å². The van der Waals surface area contributed by atoms with Crippen molar-refractivity contribution in [2.75, 3.05) is 0 Å². The van der Waals surface area contributed by atoms with Gasteiger partial charge in [0.2, 0.25) is 0 Å². The van der Waals surface area contributed by atoms with Gasteiger partial charge in [-0.2, -0.15) is 0 Å². The zero-order valence-electron chi connectivity index (χ0n) is 42.8. The fourth-order valence-corrected chi connectivity index (χ4v) is 17.9. The normalized spacial score (nSPS) is 12.6. The van der Waals surface area contributed by atoms with Crippen LogP contribution < -0.4 is 47.7 Å². The predicted molar refractivity (Wildman–Crippen MR) is 290 cm³/mol. The van der Waals surface area contributed by atoms with Gasteiger partial charge in [0, 0.05) is 47.7 Å². The van der Waals surface area contributed by atoms with Crippen LogP contribution in [0, 0.1) is 98.9 Å². The van der Waals surface area contributed by atoms with Gasteiger partial charge in [-0.05, 0) is 155 Å². The third-order valence-electron chi connectivity index (χ3n) is 14.1. The van der Waals surface area contributed by atoms with Crippen LogP contribution in [0.25, 0.3) is 33.4 Å². The van der Waals surface area contributed by atoms with E-state index in [9.17, 15) is 22.0 Å². The summed E-state index contributed by atoms with van der Waals surface area (Å²) in [4.78, 5) is 0. The van der Waals surface area contributed by atoms with Gasteiger partial charge in [-0.1, -0.05) is 61.5 Å². The van der Waals surface area contributed by atoms with E-state index in [2.05, 4.69) is 0 Å². The largest absolute Gasteiger partial charge is 0.309 e. The summed E-state index contributed by atoms with van der Waals surface area (Å²) in [7, 11) is -15.0. The quantitative estimate of drug-likeness (QED) is 0.0657. The molecule has 85 heavy (non-hydrogen) atoms. The Bertz CT molecular complexity index is 4160. The number of hydrogen-bond acceptors (Lipinski definition) is 3. The van der Waals surface area contributed by atoms with E-state index in [0.717, 1.165) is 30.3 Å². The fraction of sp³-hybridized carbons (Fsp3) is 0.0323. The van der Waals surface area contributed by atoms with E-state index in [0.29, 0.717) is 66.7 Å². The Morgan fingerprint density at radius 2 is 0.435 bits per heavy atom. The maximum atomic E-state index is 15.8. The highest BCUT2D eigenvalue weighted by Crippen LogP contribution is 2.48. The molecule has 432 valence electrons. The lowest BCUT2D eigenvalue weighted by Crippen LogP contribution is -2.27. The van der Waals surface area contributed by atoms with Crippen LogP contribution in [0.2, 0.25) is 0 Å². The molecule has 10 aromatic carbocycles. The summed E-state index contributed by atoms with van der Waals surface area (Å²) in [5.41, 5.74) is -0.384. The Balaban J connectivity index is 1.25. The Hall–Kier alpha value is -8.30. The maximum absolute atomic E-state index is 15.8. The van der Waals surface area contributed by atoms with Gasteiger partial charge in [0.15, 0.2) is 120 Å². The second-order valence-electron chi connectivity index (χ2n) is 19.1. The molecule has 0 bridgehead atoms. The lowest BCUT2D eigenvalue weighted by atomic mass is 9.93. The third kappa shape index (κ3) is 10.5. The van der Waals surface area contributed by atoms with Crippen LogP contribution in [0.3, 0.4) is 0 Å². The minimum Gasteiger partial charge on any atom is -0.309 e. The summed E-state index contributed by atoms with van der Waals surface area (Å²) < 4.78 is 300. The molecule has 10 rings (SSSR count). The summed E-state index contributed by atoms with van der Waals surface area (Å²) >= 11 is 0. The molecule has 0 fully saturated rings. The van der Waals surface area contributed by atoms with Crippen LogP contribution >= 0.6 is 21.4 Å². The van der Waals surface area contributed by atoms with Crippen molar-refractivity contribution in [3.05, 3.63) is 268 Å². The van der Waals surface area contributed by atoms with E-state index in [4.69, 9.17) is 0 Å². The van der Waals surface area contributed by atoms with Crippen LogP contribution in [0.1, 0.15) is 12.5 Å². The van der Waals surface area contributed by atoms with Crippen molar-refractivity contribution in [3.8, 4) is 33.4 Å². The first-order valence-corrected chi connectivity index (χ1v) is 29.8. The van der Waals surface area contributed by atoms with Crippen molar-refractivity contribution < 1.29 is 88.3 Å². The molecule has 0 radical (unpaired) electrons. The van der Waals surface area contributed by atoms with E-state index in [-0.39, 0.29) is 50.7 Å². The lowest BCUT2D eigenvalue weighted by molar-refractivity contribution is 0.447. The maximum Gasteiger partial charge on any atom is 0.194 e. The van der Waals surface area contributed by atoms with Gasteiger partial charge >= 0.3 is 0 Å². The topological polar surface area (TPSA) is 51.2 Å². The van der Waals surface area contributed by atoms with Gasteiger partial charge < -0.3 is 13.7 Å². The third-order valence-corrected chi connectivity index (χ3v) is 23.0. The highest BCUT2D eigenvalue weighted by Gasteiger charge is 2.38. The Morgan fingerprint density at radius 3 is 0.647 bits per heavy atom. The number of benzene rings is 10. The number of halogens is 17.